The molecule has 3 rings (SSSR count). The molecular formula is C22H24N4O3. The summed E-state index contributed by atoms with van der Waals surface area (Å²) >= 11 is 0. The lowest BCUT2D eigenvalue weighted by atomic mass is 9.93. The van der Waals surface area contributed by atoms with Crippen LogP contribution in [-0.2, 0) is 6.42 Å². The molecule has 0 saturated carbocycles. The van der Waals surface area contributed by atoms with Crippen molar-refractivity contribution < 1.29 is 14.4 Å². The Bertz CT molecular complexity index is 982. The minimum absolute atomic E-state index is 0.00483. The second-order valence-electron chi connectivity index (χ2n) is 6.72. The molecule has 1 heterocycles. The monoisotopic (exact) mass is 392 g/mol. The van der Waals surface area contributed by atoms with Gasteiger partial charge in [-0.1, -0.05) is 60.6 Å². The van der Waals surface area contributed by atoms with E-state index in [1.807, 2.05) is 54.6 Å². The van der Waals surface area contributed by atoms with Gasteiger partial charge in [-0.3, -0.25) is 15.1 Å². The number of aliphatic hydroxyl groups is 1. The molecule has 0 aliphatic rings. The zero-order valence-electron chi connectivity index (χ0n) is 16.2. The summed E-state index contributed by atoms with van der Waals surface area (Å²) in [5, 5.41) is 15.6. The number of carbonyl (C=O) groups excluding carboxylic acids is 1. The molecule has 0 bridgehead atoms. The summed E-state index contributed by atoms with van der Waals surface area (Å²) in [5.74, 6) is 0.684. The van der Waals surface area contributed by atoms with Gasteiger partial charge in [0.05, 0.1) is 18.8 Å². The number of aliphatic hydroxyl groups excluding tert-OH is 1. The van der Waals surface area contributed by atoms with E-state index in [9.17, 15) is 4.79 Å². The summed E-state index contributed by atoms with van der Waals surface area (Å²) in [7, 11) is 0. The topological polar surface area (TPSA) is 114 Å². The summed E-state index contributed by atoms with van der Waals surface area (Å²) in [6, 6.07) is 18.7. The van der Waals surface area contributed by atoms with Crippen LogP contribution < -0.4 is 11.1 Å². The van der Waals surface area contributed by atoms with Gasteiger partial charge in [-0.2, -0.15) is 0 Å². The van der Waals surface area contributed by atoms with Gasteiger partial charge in [-0.15, -0.1) is 0 Å². The Morgan fingerprint density at radius 3 is 2.69 bits per heavy atom. The zero-order chi connectivity index (χ0) is 20.6. The van der Waals surface area contributed by atoms with Gasteiger partial charge in [-0.05, 0) is 24.0 Å². The number of guanidine groups is 1. The second kappa shape index (κ2) is 9.66. The molecule has 0 aliphatic heterocycles. The van der Waals surface area contributed by atoms with Gasteiger partial charge in [0.15, 0.2) is 11.7 Å². The van der Waals surface area contributed by atoms with Crippen molar-refractivity contribution in [3.63, 3.8) is 0 Å². The fraction of sp³-hybridized carbons (Fsp3) is 0.227. The highest BCUT2D eigenvalue weighted by Gasteiger charge is 2.14. The lowest BCUT2D eigenvalue weighted by molar-refractivity contribution is 0.103. The van der Waals surface area contributed by atoms with Gasteiger partial charge >= 0.3 is 0 Å². The van der Waals surface area contributed by atoms with Crippen molar-refractivity contribution in [1.29, 1.82) is 0 Å². The van der Waals surface area contributed by atoms with Gasteiger partial charge in [0.2, 0.25) is 5.88 Å². The third-order valence-electron chi connectivity index (χ3n) is 4.46. The summed E-state index contributed by atoms with van der Waals surface area (Å²) in [6.07, 6.45) is 0.641. The summed E-state index contributed by atoms with van der Waals surface area (Å²) in [6.45, 7) is 2.22. The maximum Gasteiger partial charge on any atom is 0.231 e. The van der Waals surface area contributed by atoms with Crippen LogP contribution in [0.15, 0.2) is 70.2 Å². The first-order valence-electron chi connectivity index (χ1n) is 9.40. The molecule has 0 fully saturated rings. The van der Waals surface area contributed by atoms with E-state index in [-0.39, 0.29) is 30.8 Å². The average molecular weight is 392 g/mol. The molecule has 29 heavy (non-hydrogen) atoms. The van der Waals surface area contributed by atoms with Crippen LogP contribution in [0.3, 0.4) is 0 Å². The van der Waals surface area contributed by atoms with Crippen molar-refractivity contribution >= 4 is 17.6 Å². The first-order chi connectivity index (χ1) is 14.1. The standard InChI is InChI=1S/C22H24N4O3/c1-15(12-19-14-20(29-26-19)25-22(23)24-10-11-27)17-8-5-9-18(13-17)21(28)16-6-3-2-4-7-16/h2-9,13-15,27H,10-12H2,1H3,(H3,23,24,25). The molecule has 1 atom stereocenters. The molecule has 7 heteroatoms. The number of rotatable bonds is 8. The second-order valence-corrected chi connectivity index (χ2v) is 6.72. The number of nitrogens with zero attached hydrogens (tertiary/aromatic N) is 2. The summed E-state index contributed by atoms with van der Waals surface area (Å²) in [5.41, 5.74) is 8.84. The number of benzene rings is 2. The number of aromatic nitrogens is 1. The van der Waals surface area contributed by atoms with Gasteiger partial charge in [0, 0.05) is 17.2 Å². The average Bonchev–Trinajstić information content (AvgIpc) is 3.19. The van der Waals surface area contributed by atoms with Crippen LogP contribution in [0.25, 0.3) is 0 Å². The first kappa shape index (κ1) is 20.3. The Balaban J connectivity index is 1.67. The molecule has 4 N–H and O–H groups in total. The van der Waals surface area contributed by atoms with Crippen LogP contribution in [0.2, 0.25) is 0 Å². The Labute approximate surface area is 169 Å². The normalized spacial score (nSPS) is 12.6. The minimum Gasteiger partial charge on any atom is -0.394 e. The third-order valence-corrected chi connectivity index (χ3v) is 4.46. The SMILES string of the molecule is CC(Cc1cc(NC(N)=NCCO)on1)c1cccc(C(=O)c2ccccc2)c1. The maximum atomic E-state index is 12.7. The molecular weight excluding hydrogens is 368 g/mol. The van der Waals surface area contributed by atoms with Crippen LogP contribution in [-0.4, -0.2) is 35.2 Å². The Morgan fingerprint density at radius 2 is 1.93 bits per heavy atom. The van der Waals surface area contributed by atoms with Gasteiger partial charge in [-0.25, -0.2) is 0 Å². The molecule has 150 valence electrons. The minimum atomic E-state index is -0.0760. The number of hydrogen-bond acceptors (Lipinski definition) is 5. The lowest BCUT2D eigenvalue weighted by Crippen LogP contribution is -2.22. The van der Waals surface area contributed by atoms with E-state index >= 15 is 0 Å². The predicted molar refractivity (Wildman–Crippen MR) is 112 cm³/mol. The van der Waals surface area contributed by atoms with Crippen molar-refractivity contribution in [2.24, 2.45) is 10.7 Å². The fourth-order valence-corrected chi connectivity index (χ4v) is 2.98. The quantitative estimate of drug-likeness (QED) is 0.308. The highest BCUT2D eigenvalue weighted by Crippen LogP contribution is 2.23. The molecule has 0 spiro atoms. The van der Waals surface area contributed by atoms with Crippen molar-refractivity contribution in [2.45, 2.75) is 19.3 Å². The number of carbonyl (C=O) groups is 1. The van der Waals surface area contributed by atoms with E-state index in [1.54, 1.807) is 6.07 Å². The van der Waals surface area contributed by atoms with E-state index in [2.05, 4.69) is 22.4 Å². The zero-order valence-corrected chi connectivity index (χ0v) is 16.2. The van der Waals surface area contributed by atoms with Crippen molar-refractivity contribution in [3.8, 4) is 0 Å². The Morgan fingerprint density at radius 1 is 1.17 bits per heavy atom. The first-order valence-corrected chi connectivity index (χ1v) is 9.40. The molecule has 7 nitrogen and oxygen atoms in total. The van der Waals surface area contributed by atoms with Crippen molar-refractivity contribution in [2.75, 3.05) is 18.5 Å². The van der Waals surface area contributed by atoms with E-state index in [4.69, 9.17) is 15.4 Å². The van der Waals surface area contributed by atoms with Gasteiger partial charge in [0.1, 0.15) is 0 Å². The van der Waals surface area contributed by atoms with E-state index in [1.165, 1.54) is 0 Å². The van der Waals surface area contributed by atoms with Crippen LogP contribution in [0, 0.1) is 0 Å². The molecule has 0 saturated heterocycles. The Kier molecular flexibility index (Phi) is 6.76. The lowest BCUT2D eigenvalue weighted by Gasteiger charge is -2.11. The molecule has 0 aliphatic carbocycles. The number of hydrogen-bond donors (Lipinski definition) is 3. The number of nitrogens with two attached hydrogens (primary N) is 1. The highest BCUT2D eigenvalue weighted by molar-refractivity contribution is 6.09. The van der Waals surface area contributed by atoms with Crippen LogP contribution in [0.5, 0.6) is 0 Å². The largest absolute Gasteiger partial charge is 0.394 e. The smallest absolute Gasteiger partial charge is 0.231 e. The Hall–Kier alpha value is -3.45. The fourth-order valence-electron chi connectivity index (χ4n) is 2.98. The van der Waals surface area contributed by atoms with Crippen LogP contribution in [0.1, 0.15) is 40.0 Å². The van der Waals surface area contributed by atoms with E-state index < -0.39 is 0 Å². The van der Waals surface area contributed by atoms with Crippen molar-refractivity contribution in [1.82, 2.24) is 5.16 Å². The molecule has 0 amide bonds. The molecule has 1 unspecified atom stereocenters. The number of anilines is 1. The van der Waals surface area contributed by atoms with E-state index in [0.29, 0.717) is 23.4 Å². The van der Waals surface area contributed by atoms with Crippen molar-refractivity contribution in [3.05, 3.63) is 83.0 Å². The number of nitrogens with one attached hydrogen (secondary N) is 1. The van der Waals surface area contributed by atoms with Gasteiger partial charge in [0.25, 0.3) is 0 Å². The molecule has 3 aromatic rings. The number of ketones is 1. The number of aliphatic imine (C=N–C) groups is 1. The van der Waals surface area contributed by atoms with Crippen LogP contribution >= 0.6 is 0 Å². The third kappa shape index (κ3) is 5.52. The van der Waals surface area contributed by atoms with E-state index in [0.717, 1.165) is 11.3 Å². The maximum absolute atomic E-state index is 12.7. The highest BCUT2D eigenvalue weighted by atomic mass is 16.5. The van der Waals surface area contributed by atoms with Gasteiger partial charge < -0.3 is 15.4 Å². The molecule has 1 aromatic heterocycles. The molecule has 2 aromatic carbocycles. The molecule has 0 radical (unpaired) electrons. The summed E-state index contributed by atoms with van der Waals surface area (Å²) < 4.78 is 5.23. The summed E-state index contributed by atoms with van der Waals surface area (Å²) in [4.78, 5) is 16.6. The predicted octanol–water partition coefficient (Wildman–Crippen LogP) is 2.97. The van der Waals surface area contributed by atoms with Crippen LogP contribution in [0.4, 0.5) is 5.88 Å².